The summed E-state index contributed by atoms with van der Waals surface area (Å²) in [6, 6.07) is 52.3. The number of hydrogen-bond donors (Lipinski definition) is 0. The Hall–Kier alpha value is -4.40. The van der Waals surface area contributed by atoms with E-state index in [0.29, 0.717) is 0 Å². The summed E-state index contributed by atoms with van der Waals surface area (Å²) in [5.74, 6) is 0. The second kappa shape index (κ2) is 9.48. The maximum absolute atomic E-state index is 3.56. The van der Waals surface area contributed by atoms with E-state index in [2.05, 4.69) is 166 Å². The van der Waals surface area contributed by atoms with Crippen molar-refractivity contribution in [3.8, 4) is 39.1 Å². The topological polar surface area (TPSA) is 4.93 Å². The Bertz CT molecular complexity index is 1900. The molecule has 0 fully saturated rings. The number of para-hydroxylation sites is 1. The fourth-order valence-corrected chi connectivity index (χ4v) is 5.65. The fraction of sp³-hybridized carbons (Fsp3) is 0. The number of fused-ring (bicyclic) bond motifs is 3. The molecule has 1 nitrogen and oxygen atoms in total. The monoisotopic (exact) mass is 549 g/mol. The molecule has 0 aliphatic heterocycles. The number of aromatic nitrogens is 1. The molecule has 0 amide bonds. The molecular weight excluding hydrogens is 526 g/mol. The van der Waals surface area contributed by atoms with Gasteiger partial charge in [-0.3, -0.25) is 0 Å². The van der Waals surface area contributed by atoms with Crippen molar-refractivity contribution >= 4 is 37.7 Å². The molecular formula is C36H24BrN. The SMILES string of the molecule is Brc1ccc(-c2ccc3c4ccccc4n(-c4ccc(-c5cccc(-c6ccccc6)c5)cc4)c3c2)cc1. The molecule has 1 heterocycles. The van der Waals surface area contributed by atoms with Gasteiger partial charge in [-0.05, 0) is 75.8 Å². The third-order valence-electron chi connectivity index (χ3n) is 7.28. The average molecular weight is 550 g/mol. The molecule has 7 aromatic rings. The van der Waals surface area contributed by atoms with Crippen molar-refractivity contribution in [1.29, 1.82) is 0 Å². The minimum atomic E-state index is 1.09. The van der Waals surface area contributed by atoms with E-state index in [1.54, 1.807) is 0 Å². The maximum Gasteiger partial charge on any atom is 0.0547 e. The second-order valence-electron chi connectivity index (χ2n) is 9.59. The van der Waals surface area contributed by atoms with Crippen LogP contribution in [0.1, 0.15) is 0 Å². The van der Waals surface area contributed by atoms with Crippen molar-refractivity contribution in [2.75, 3.05) is 0 Å². The zero-order valence-electron chi connectivity index (χ0n) is 20.7. The van der Waals surface area contributed by atoms with Gasteiger partial charge in [0.15, 0.2) is 0 Å². The van der Waals surface area contributed by atoms with Gasteiger partial charge in [-0.25, -0.2) is 0 Å². The fourth-order valence-electron chi connectivity index (χ4n) is 5.38. The van der Waals surface area contributed by atoms with E-state index in [0.717, 1.165) is 10.2 Å². The van der Waals surface area contributed by atoms with Gasteiger partial charge in [0.1, 0.15) is 0 Å². The summed E-state index contributed by atoms with van der Waals surface area (Å²) in [5, 5.41) is 2.53. The van der Waals surface area contributed by atoms with Crippen LogP contribution in [0, 0.1) is 0 Å². The van der Waals surface area contributed by atoms with E-state index < -0.39 is 0 Å². The first-order valence-electron chi connectivity index (χ1n) is 12.8. The van der Waals surface area contributed by atoms with Crippen LogP contribution in [0.25, 0.3) is 60.9 Å². The van der Waals surface area contributed by atoms with Crippen molar-refractivity contribution in [3.05, 3.63) is 150 Å². The second-order valence-corrected chi connectivity index (χ2v) is 10.5. The molecule has 0 unspecified atom stereocenters. The van der Waals surface area contributed by atoms with Crippen LogP contribution in [-0.2, 0) is 0 Å². The Kier molecular flexibility index (Phi) is 5.68. The maximum atomic E-state index is 3.56. The lowest BCUT2D eigenvalue weighted by Crippen LogP contribution is -1.94. The highest BCUT2D eigenvalue weighted by atomic mass is 79.9. The van der Waals surface area contributed by atoms with Crippen LogP contribution in [-0.4, -0.2) is 4.57 Å². The molecule has 0 saturated carbocycles. The quantitative estimate of drug-likeness (QED) is 0.205. The molecule has 1 aromatic heterocycles. The Morgan fingerprint density at radius 3 is 1.63 bits per heavy atom. The van der Waals surface area contributed by atoms with Gasteiger partial charge < -0.3 is 4.57 Å². The zero-order chi connectivity index (χ0) is 25.5. The number of nitrogens with zero attached hydrogens (tertiary/aromatic N) is 1. The van der Waals surface area contributed by atoms with Crippen molar-refractivity contribution in [3.63, 3.8) is 0 Å². The third-order valence-corrected chi connectivity index (χ3v) is 7.81. The molecule has 0 aliphatic rings. The Morgan fingerprint density at radius 1 is 0.368 bits per heavy atom. The minimum Gasteiger partial charge on any atom is -0.309 e. The largest absolute Gasteiger partial charge is 0.309 e. The van der Waals surface area contributed by atoms with Crippen molar-refractivity contribution in [1.82, 2.24) is 4.57 Å². The van der Waals surface area contributed by atoms with Gasteiger partial charge in [-0.15, -0.1) is 0 Å². The van der Waals surface area contributed by atoms with E-state index in [1.165, 1.54) is 55.2 Å². The van der Waals surface area contributed by atoms with E-state index in [9.17, 15) is 0 Å². The summed E-state index contributed by atoms with van der Waals surface area (Å²) in [6.07, 6.45) is 0. The average Bonchev–Trinajstić information content (AvgIpc) is 3.32. The first-order chi connectivity index (χ1) is 18.7. The predicted molar refractivity (Wildman–Crippen MR) is 165 cm³/mol. The minimum absolute atomic E-state index is 1.09. The lowest BCUT2D eigenvalue weighted by molar-refractivity contribution is 1.18. The summed E-state index contributed by atoms with van der Waals surface area (Å²) in [6.45, 7) is 0. The summed E-state index contributed by atoms with van der Waals surface area (Å²) in [5.41, 5.74) is 10.9. The lowest BCUT2D eigenvalue weighted by atomic mass is 9.99. The number of halogens is 1. The lowest BCUT2D eigenvalue weighted by Gasteiger charge is -2.11. The van der Waals surface area contributed by atoms with Crippen LogP contribution in [0.15, 0.2) is 150 Å². The summed E-state index contributed by atoms with van der Waals surface area (Å²) in [4.78, 5) is 0. The first-order valence-corrected chi connectivity index (χ1v) is 13.6. The molecule has 38 heavy (non-hydrogen) atoms. The van der Waals surface area contributed by atoms with Crippen LogP contribution < -0.4 is 0 Å². The van der Waals surface area contributed by atoms with Gasteiger partial charge in [0.2, 0.25) is 0 Å². The highest BCUT2D eigenvalue weighted by molar-refractivity contribution is 9.10. The van der Waals surface area contributed by atoms with Crippen molar-refractivity contribution in [2.45, 2.75) is 0 Å². The van der Waals surface area contributed by atoms with Crippen LogP contribution in [0.2, 0.25) is 0 Å². The van der Waals surface area contributed by atoms with E-state index in [1.807, 2.05) is 0 Å². The van der Waals surface area contributed by atoms with Crippen LogP contribution in [0.5, 0.6) is 0 Å². The number of rotatable bonds is 4. The Morgan fingerprint density at radius 2 is 0.895 bits per heavy atom. The third kappa shape index (κ3) is 4.04. The molecule has 2 heteroatoms. The Labute approximate surface area is 230 Å². The van der Waals surface area contributed by atoms with Crippen molar-refractivity contribution in [2.24, 2.45) is 0 Å². The normalized spacial score (nSPS) is 11.3. The van der Waals surface area contributed by atoms with Gasteiger partial charge in [0.25, 0.3) is 0 Å². The molecule has 0 N–H and O–H groups in total. The van der Waals surface area contributed by atoms with Crippen LogP contribution in [0.4, 0.5) is 0 Å². The molecule has 0 radical (unpaired) electrons. The molecule has 0 aliphatic carbocycles. The van der Waals surface area contributed by atoms with E-state index >= 15 is 0 Å². The zero-order valence-corrected chi connectivity index (χ0v) is 22.3. The summed E-state index contributed by atoms with van der Waals surface area (Å²) < 4.78 is 3.47. The van der Waals surface area contributed by atoms with E-state index in [-0.39, 0.29) is 0 Å². The van der Waals surface area contributed by atoms with Gasteiger partial charge >= 0.3 is 0 Å². The number of hydrogen-bond acceptors (Lipinski definition) is 0. The summed E-state index contributed by atoms with van der Waals surface area (Å²) >= 11 is 3.56. The smallest absolute Gasteiger partial charge is 0.0547 e. The molecule has 0 atom stereocenters. The van der Waals surface area contributed by atoms with Gasteiger partial charge in [-0.1, -0.05) is 119 Å². The van der Waals surface area contributed by atoms with Gasteiger partial charge in [0, 0.05) is 20.9 Å². The van der Waals surface area contributed by atoms with Crippen LogP contribution >= 0.6 is 15.9 Å². The van der Waals surface area contributed by atoms with Gasteiger partial charge in [0.05, 0.1) is 11.0 Å². The molecule has 0 saturated heterocycles. The highest BCUT2D eigenvalue weighted by Gasteiger charge is 2.13. The molecule has 180 valence electrons. The Balaban J connectivity index is 1.34. The van der Waals surface area contributed by atoms with Crippen LogP contribution in [0.3, 0.4) is 0 Å². The molecule has 0 spiro atoms. The molecule has 6 aromatic carbocycles. The highest BCUT2D eigenvalue weighted by Crippen LogP contribution is 2.36. The standard InChI is InChI=1S/C36H24BrN/c37-31-18-13-26(14-19-31)30-17-22-34-33-11-4-5-12-35(33)38(36(34)24-30)32-20-15-27(16-21-32)29-10-6-9-28(23-29)25-7-2-1-3-8-25/h1-24H. The number of benzene rings is 6. The van der Waals surface area contributed by atoms with Crippen molar-refractivity contribution < 1.29 is 0 Å². The van der Waals surface area contributed by atoms with Gasteiger partial charge in [-0.2, -0.15) is 0 Å². The molecule has 0 bridgehead atoms. The summed E-state index contributed by atoms with van der Waals surface area (Å²) in [7, 11) is 0. The van der Waals surface area contributed by atoms with E-state index in [4.69, 9.17) is 0 Å². The predicted octanol–water partition coefficient (Wildman–Crippen LogP) is 10.5. The first kappa shape index (κ1) is 22.8. The molecule has 7 rings (SSSR count).